The smallest absolute Gasteiger partial charge is 0.286 e. The number of anilines is 2. The summed E-state index contributed by atoms with van der Waals surface area (Å²) in [5.74, 6) is -0.757. The lowest BCUT2D eigenvalue weighted by atomic mass is 9.80. The number of ketones is 1. The second kappa shape index (κ2) is 7.98. The van der Waals surface area contributed by atoms with Gasteiger partial charge in [0.15, 0.2) is 17.4 Å². The normalized spacial score (nSPS) is 21.6. The summed E-state index contributed by atoms with van der Waals surface area (Å²) < 4.78 is 56.8. The third-order valence-corrected chi connectivity index (χ3v) is 7.87. The van der Waals surface area contributed by atoms with Crippen molar-refractivity contribution in [1.29, 1.82) is 0 Å². The van der Waals surface area contributed by atoms with E-state index >= 15 is 0 Å². The molecule has 34 heavy (non-hydrogen) atoms. The number of carbonyl (C=O) groups is 1. The summed E-state index contributed by atoms with van der Waals surface area (Å²) in [7, 11) is -7.93. The highest BCUT2D eigenvalue weighted by Crippen LogP contribution is 2.40. The average Bonchev–Trinajstić information content (AvgIpc) is 3.21. The molecule has 0 fully saturated rings. The van der Waals surface area contributed by atoms with Crippen LogP contribution in [-0.2, 0) is 30.4 Å². The second-order valence-corrected chi connectivity index (χ2v) is 12.5. The van der Waals surface area contributed by atoms with Crippen molar-refractivity contribution in [2.24, 2.45) is 10.3 Å². The fourth-order valence-corrected chi connectivity index (χ4v) is 5.89. The van der Waals surface area contributed by atoms with Crippen LogP contribution < -0.4 is 10.0 Å². The van der Waals surface area contributed by atoms with Crippen molar-refractivity contribution in [3.63, 3.8) is 0 Å². The van der Waals surface area contributed by atoms with Crippen molar-refractivity contribution in [2.75, 3.05) is 16.3 Å². The van der Waals surface area contributed by atoms with Gasteiger partial charge in [-0.15, -0.1) is 4.40 Å². The second-order valence-electron chi connectivity index (χ2n) is 9.15. The lowest BCUT2D eigenvalue weighted by Gasteiger charge is -2.37. The molecule has 0 amide bonds. The first-order valence-corrected chi connectivity index (χ1v) is 14.0. The van der Waals surface area contributed by atoms with Crippen LogP contribution in [0.4, 0.5) is 11.4 Å². The highest BCUT2D eigenvalue weighted by Gasteiger charge is 2.46. The van der Waals surface area contributed by atoms with Crippen LogP contribution in [0, 0.1) is 5.92 Å². The fourth-order valence-electron chi connectivity index (χ4n) is 4.19. The van der Waals surface area contributed by atoms with Gasteiger partial charge >= 0.3 is 0 Å². The number of sulfonamides is 2. The Kier molecular flexibility index (Phi) is 5.64. The Hall–Kier alpha value is -3.12. The van der Waals surface area contributed by atoms with Crippen LogP contribution in [0.2, 0.25) is 0 Å². The molecule has 1 unspecified atom stereocenters. The minimum atomic E-state index is -4.31. The lowest BCUT2D eigenvalue weighted by molar-refractivity contribution is -0.123. The number of aromatic nitrogens is 1. The molecule has 1 atom stereocenters. The third kappa shape index (κ3) is 4.11. The number of Topliss-reactive ketones (excluding diaryl/α,β-unsaturated/α-hetero) is 1. The summed E-state index contributed by atoms with van der Waals surface area (Å²) in [6, 6.07) is 7.28. The van der Waals surface area contributed by atoms with Crippen molar-refractivity contribution in [3.8, 4) is 0 Å². The number of nitrogens with one attached hydrogen (secondary N) is 2. The Labute approximate surface area is 198 Å². The van der Waals surface area contributed by atoms with Gasteiger partial charge in [-0.3, -0.25) is 9.52 Å². The first kappa shape index (κ1) is 24.0. The lowest BCUT2D eigenvalue weighted by Crippen LogP contribution is -2.46. The van der Waals surface area contributed by atoms with Crippen LogP contribution in [0.5, 0.6) is 0 Å². The van der Waals surface area contributed by atoms with Gasteiger partial charge in [-0.2, -0.15) is 8.42 Å². The Balaban J connectivity index is 1.81. The number of carbonyl (C=O) groups excluding carboxylic acids is 1. The molecule has 4 rings (SSSR count). The van der Waals surface area contributed by atoms with Crippen molar-refractivity contribution >= 4 is 48.8 Å². The van der Waals surface area contributed by atoms with Gasteiger partial charge in [0.2, 0.25) is 10.0 Å². The number of hydrogen-bond acceptors (Lipinski definition) is 7. The summed E-state index contributed by atoms with van der Waals surface area (Å²) >= 11 is 0. The van der Waals surface area contributed by atoms with Crippen LogP contribution >= 0.6 is 0 Å². The molecule has 12 heteroatoms. The van der Waals surface area contributed by atoms with Gasteiger partial charge in [-0.05, 0) is 56.0 Å². The van der Waals surface area contributed by atoms with Gasteiger partial charge < -0.3 is 15.0 Å². The first-order valence-electron chi connectivity index (χ1n) is 10.6. The van der Waals surface area contributed by atoms with E-state index in [1.165, 1.54) is 12.1 Å². The fraction of sp³-hybridized carbons (Fsp3) is 0.364. The van der Waals surface area contributed by atoms with Crippen LogP contribution in [0.1, 0.15) is 39.3 Å². The van der Waals surface area contributed by atoms with Crippen molar-refractivity contribution in [2.45, 2.75) is 44.0 Å². The molecule has 0 saturated heterocycles. The van der Waals surface area contributed by atoms with Gasteiger partial charge in [-0.1, -0.05) is 13.8 Å². The third-order valence-electron chi connectivity index (χ3n) is 5.95. The molecular formula is C22H26N4O6S2. The number of nitrogens with zero attached hydrogens (tertiary/aromatic N) is 2. The van der Waals surface area contributed by atoms with E-state index in [1.54, 1.807) is 29.8 Å². The molecule has 2 aliphatic heterocycles. The predicted octanol–water partition coefficient (Wildman–Crippen LogP) is 3.08. The Morgan fingerprint density at radius 3 is 2.62 bits per heavy atom. The molecule has 10 nitrogen and oxygen atoms in total. The predicted molar refractivity (Wildman–Crippen MR) is 130 cm³/mol. The topological polar surface area (TPSA) is 147 Å². The molecule has 0 aliphatic carbocycles. The summed E-state index contributed by atoms with van der Waals surface area (Å²) in [6.45, 7) is 5.86. The summed E-state index contributed by atoms with van der Waals surface area (Å²) in [5, 5.41) is 13.8. The summed E-state index contributed by atoms with van der Waals surface area (Å²) in [6.07, 6.45) is 3.90. The maximum Gasteiger partial charge on any atom is 0.286 e. The van der Waals surface area contributed by atoms with Gasteiger partial charge in [-0.25, -0.2) is 8.42 Å². The number of hydrogen-bond donors (Lipinski definition) is 3. The van der Waals surface area contributed by atoms with E-state index in [0.717, 1.165) is 18.7 Å². The molecule has 0 bridgehead atoms. The van der Waals surface area contributed by atoms with Crippen LogP contribution in [0.25, 0.3) is 5.76 Å². The molecule has 2 aromatic rings. The quantitative estimate of drug-likeness (QED) is 0.545. The monoisotopic (exact) mass is 506 g/mol. The largest absolute Gasteiger partial charge is 0.505 e. The molecular weight excluding hydrogens is 480 g/mol. The van der Waals surface area contributed by atoms with E-state index in [2.05, 4.69) is 14.4 Å². The van der Waals surface area contributed by atoms with Crippen molar-refractivity contribution in [3.05, 3.63) is 47.8 Å². The van der Waals surface area contributed by atoms with Crippen LogP contribution in [0.3, 0.4) is 0 Å². The minimum Gasteiger partial charge on any atom is -0.505 e. The number of fused-ring (bicyclic) bond motifs is 2. The summed E-state index contributed by atoms with van der Waals surface area (Å²) in [4.78, 5) is 13.5. The van der Waals surface area contributed by atoms with Crippen molar-refractivity contribution < 1.29 is 26.7 Å². The van der Waals surface area contributed by atoms with E-state index in [4.69, 9.17) is 0 Å². The van der Waals surface area contributed by atoms with Crippen molar-refractivity contribution in [1.82, 2.24) is 4.57 Å². The van der Waals surface area contributed by atoms with Gasteiger partial charge in [0.25, 0.3) is 10.0 Å². The van der Waals surface area contributed by atoms with E-state index in [0.29, 0.717) is 18.0 Å². The molecule has 1 aromatic carbocycles. The molecule has 3 N–H and O–H groups in total. The Morgan fingerprint density at radius 1 is 1.26 bits per heavy atom. The van der Waals surface area contributed by atoms with Crippen LogP contribution in [0.15, 0.2) is 51.4 Å². The summed E-state index contributed by atoms with van der Waals surface area (Å²) in [5.41, 5.74) is -0.684. The number of benzene rings is 1. The SMILES string of the molecule is CC(C)CCC1(C)C(=O)C(C2=NS(=O)(=O)c3cc(NS(C)(=O)=O)ccc3N2)=C(O)c2cccn21. The van der Waals surface area contributed by atoms with Gasteiger partial charge in [0, 0.05) is 11.9 Å². The minimum absolute atomic E-state index is 0.0557. The van der Waals surface area contributed by atoms with E-state index in [1.807, 2.05) is 13.8 Å². The molecule has 0 radical (unpaired) electrons. The van der Waals surface area contributed by atoms with E-state index < -0.39 is 31.4 Å². The molecule has 0 spiro atoms. The number of rotatable bonds is 6. The van der Waals surface area contributed by atoms with E-state index in [-0.39, 0.29) is 33.4 Å². The molecule has 2 aliphatic rings. The maximum atomic E-state index is 13.7. The highest BCUT2D eigenvalue weighted by atomic mass is 32.2. The molecule has 0 saturated carbocycles. The van der Waals surface area contributed by atoms with Gasteiger partial charge in [0.05, 0.1) is 17.6 Å². The standard InChI is InChI=1S/C22H26N4O6S2/c1-13(2)9-10-22(3)20(28)18(19(27)16-6-5-11-26(16)22)21-23-15-8-7-14(24-33(4,29)30)12-17(15)34(31,32)25-21/h5-8,11-13,24,27H,9-10H2,1-4H3,(H,23,25). The first-order chi connectivity index (χ1) is 15.7. The average molecular weight is 507 g/mol. The zero-order valence-corrected chi connectivity index (χ0v) is 20.8. The van der Waals surface area contributed by atoms with E-state index in [9.17, 15) is 26.7 Å². The molecule has 182 valence electrons. The van der Waals surface area contributed by atoms with Crippen LogP contribution in [-0.4, -0.2) is 44.4 Å². The number of amidine groups is 1. The van der Waals surface area contributed by atoms with Gasteiger partial charge in [0.1, 0.15) is 16.0 Å². The maximum absolute atomic E-state index is 13.7. The highest BCUT2D eigenvalue weighted by molar-refractivity contribution is 7.92. The Bertz CT molecular complexity index is 1470. The molecule has 3 heterocycles. The number of aliphatic hydroxyl groups is 1. The molecule has 1 aromatic heterocycles. The Morgan fingerprint density at radius 2 is 1.97 bits per heavy atom. The number of aliphatic hydroxyl groups excluding tert-OH is 1. The zero-order valence-electron chi connectivity index (χ0n) is 19.2. The zero-order chi connectivity index (χ0) is 25.1.